The molecule has 15 heavy (non-hydrogen) atoms. The standard InChI is InChI=1S/C9H16N4OS/c1-5-7-11-9(15-12-7)10-6(2)8(14)13(3)4/h6H,5H2,1-4H3,(H,10,11,12). The summed E-state index contributed by atoms with van der Waals surface area (Å²) in [6, 6.07) is -0.266. The van der Waals surface area contributed by atoms with Gasteiger partial charge in [-0.25, -0.2) is 4.98 Å². The Kier molecular flexibility index (Phi) is 4.02. The summed E-state index contributed by atoms with van der Waals surface area (Å²) in [6.45, 7) is 3.82. The monoisotopic (exact) mass is 228 g/mol. The highest BCUT2D eigenvalue weighted by molar-refractivity contribution is 7.09. The highest BCUT2D eigenvalue weighted by Crippen LogP contribution is 2.12. The van der Waals surface area contributed by atoms with Crippen LogP contribution in [0.15, 0.2) is 0 Å². The first-order chi connectivity index (χ1) is 7.04. The SMILES string of the molecule is CCc1nsc(NC(C)C(=O)N(C)C)n1. The van der Waals surface area contributed by atoms with Gasteiger partial charge in [-0.05, 0) is 6.92 Å². The van der Waals surface area contributed by atoms with E-state index in [2.05, 4.69) is 14.7 Å². The van der Waals surface area contributed by atoms with Crippen LogP contribution in [-0.2, 0) is 11.2 Å². The fourth-order valence-electron chi connectivity index (χ4n) is 1.09. The molecule has 1 heterocycles. The molecule has 1 N–H and O–H groups in total. The molecule has 0 aliphatic carbocycles. The van der Waals surface area contributed by atoms with Crippen molar-refractivity contribution in [2.45, 2.75) is 26.3 Å². The second-order valence-electron chi connectivity index (χ2n) is 3.47. The molecule has 1 unspecified atom stereocenters. The molecule has 6 heteroatoms. The van der Waals surface area contributed by atoms with Gasteiger partial charge in [0.05, 0.1) is 0 Å². The molecular weight excluding hydrogens is 212 g/mol. The molecule has 1 aromatic heterocycles. The predicted molar refractivity (Wildman–Crippen MR) is 61.1 cm³/mol. The summed E-state index contributed by atoms with van der Waals surface area (Å²) >= 11 is 1.29. The molecule has 0 aliphatic rings. The van der Waals surface area contributed by atoms with Gasteiger partial charge in [0.1, 0.15) is 11.9 Å². The highest BCUT2D eigenvalue weighted by Gasteiger charge is 2.15. The molecule has 1 amide bonds. The van der Waals surface area contributed by atoms with E-state index in [-0.39, 0.29) is 11.9 Å². The van der Waals surface area contributed by atoms with Crippen LogP contribution in [0.3, 0.4) is 0 Å². The average Bonchev–Trinajstić information content (AvgIpc) is 2.64. The highest BCUT2D eigenvalue weighted by atomic mass is 32.1. The first-order valence-electron chi connectivity index (χ1n) is 4.85. The van der Waals surface area contributed by atoms with Gasteiger partial charge in [-0.1, -0.05) is 6.92 Å². The Labute approximate surface area is 93.7 Å². The van der Waals surface area contributed by atoms with Crippen LogP contribution >= 0.6 is 11.5 Å². The average molecular weight is 228 g/mol. The van der Waals surface area contributed by atoms with E-state index >= 15 is 0 Å². The van der Waals surface area contributed by atoms with Gasteiger partial charge < -0.3 is 10.2 Å². The number of nitrogens with one attached hydrogen (secondary N) is 1. The number of carbonyl (C=O) groups is 1. The summed E-state index contributed by atoms with van der Waals surface area (Å²) in [5, 5.41) is 3.73. The van der Waals surface area contributed by atoms with Gasteiger partial charge >= 0.3 is 0 Å². The van der Waals surface area contributed by atoms with E-state index in [4.69, 9.17) is 0 Å². The van der Waals surface area contributed by atoms with Crippen LogP contribution in [0, 0.1) is 0 Å². The maximum atomic E-state index is 11.5. The second-order valence-corrected chi connectivity index (χ2v) is 4.22. The quantitative estimate of drug-likeness (QED) is 0.835. The molecule has 0 aromatic carbocycles. The Hall–Kier alpha value is -1.17. The van der Waals surface area contributed by atoms with E-state index < -0.39 is 0 Å². The Balaban J connectivity index is 2.58. The Morgan fingerprint density at radius 1 is 1.60 bits per heavy atom. The molecule has 84 valence electrons. The van der Waals surface area contributed by atoms with Crippen LogP contribution in [0.2, 0.25) is 0 Å². The smallest absolute Gasteiger partial charge is 0.244 e. The molecule has 5 nitrogen and oxygen atoms in total. The van der Waals surface area contributed by atoms with Crippen LogP contribution in [0.5, 0.6) is 0 Å². The van der Waals surface area contributed by atoms with Gasteiger partial charge in [-0.3, -0.25) is 4.79 Å². The van der Waals surface area contributed by atoms with Crippen molar-refractivity contribution >= 4 is 22.6 Å². The molecule has 0 saturated heterocycles. The maximum absolute atomic E-state index is 11.5. The first kappa shape index (κ1) is 11.9. The molecule has 0 spiro atoms. The van der Waals surface area contributed by atoms with Crippen LogP contribution in [0.25, 0.3) is 0 Å². The van der Waals surface area contributed by atoms with Crippen molar-refractivity contribution in [3.8, 4) is 0 Å². The Morgan fingerprint density at radius 2 is 2.27 bits per heavy atom. The third-order valence-corrected chi connectivity index (χ3v) is 2.62. The lowest BCUT2D eigenvalue weighted by molar-refractivity contribution is -0.129. The number of hydrogen-bond donors (Lipinski definition) is 1. The molecule has 0 radical (unpaired) electrons. The molecule has 0 aliphatic heterocycles. The maximum Gasteiger partial charge on any atom is 0.244 e. The van der Waals surface area contributed by atoms with E-state index in [0.717, 1.165) is 12.2 Å². The Morgan fingerprint density at radius 3 is 2.73 bits per heavy atom. The number of rotatable bonds is 4. The van der Waals surface area contributed by atoms with Gasteiger partial charge in [-0.15, -0.1) is 0 Å². The molecule has 1 rings (SSSR count). The summed E-state index contributed by atoms with van der Waals surface area (Å²) in [4.78, 5) is 17.3. The molecular formula is C9H16N4OS. The van der Waals surface area contributed by atoms with Gasteiger partial charge in [-0.2, -0.15) is 4.37 Å². The summed E-state index contributed by atoms with van der Waals surface area (Å²) in [6.07, 6.45) is 0.814. The summed E-state index contributed by atoms with van der Waals surface area (Å²) in [5.74, 6) is 0.843. The summed E-state index contributed by atoms with van der Waals surface area (Å²) in [5.41, 5.74) is 0. The first-order valence-corrected chi connectivity index (χ1v) is 5.62. The number of nitrogens with zero attached hydrogens (tertiary/aromatic N) is 3. The zero-order chi connectivity index (χ0) is 11.4. The van der Waals surface area contributed by atoms with E-state index in [1.54, 1.807) is 19.0 Å². The zero-order valence-corrected chi connectivity index (χ0v) is 10.3. The Bertz CT molecular complexity index is 337. The number of likely N-dealkylation sites (N-methyl/N-ethyl adjacent to an activating group) is 1. The van der Waals surface area contributed by atoms with Gasteiger partial charge in [0.15, 0.2) is 0 Å². The second kappa shape index (κ2) is 5.06. The number of hydrogen-bond acceptors (Lipinski definition) is 5. The van der Waals surface area contributed by atoms with Gasteiger partial charge in [0.25, 0.3) is 0 Å². The van der Waals surface area contributed by atoms with Gasteiger partial charge in [0.2, 0.25) is 11.0 Å². The molecule has 0 bridgehead atoms. The van der Waals surface area contributed by atoms with E-state index in [9.17, 15) is 4.79 Å². The number of aromatic nitrogens is 2. The molecule has 0 fully saturated rings. The van der Waals surface area contributed by atoms with Gasteiger partial charge in [0, 0.05) is 32.0 Å². The fourth-order valence-corrected chi connectivity index (χ4v) is 1.83. The molecule has 0 saturated carbocycles. The number of anilines is 1. The van der Waals surface area contributed by atoms with Crippen molar-refractivity contribution in [3.63, 3.8) is 0 Å². The third-order valence-electron chi connectivity index (χ3n) is 1.94. The fraction of sp³-hybridized carbons (Fsp3) is 0.667. The molecule has 1 aromatic rings. The van der Waals surface area contributed by atoms with Crippen molar-refractivity contribution in [3.05, 3.63) is 5.82 Å². The van der Waals surface area contributed by atoms with Crippen molar-refractivity contribution in [1.82, 2.24) is 14.3 Å². The lowest BCUT2D eigenvalue weighted by Crippen LogP contribution is -2.36. The van der Waals surface area contributed by atoms with Crippen LogP contribution in [0.1, 0.15) is 19.7 Å². The minimum atomic E-state index is -0.266. The number of carbonyl (C=O) groups excluding carboxylic acids is 1. The normalized spacial score (nSPS) is 12.3. The lowest BCUT2D eigenvalue weighted by atomic mass is 10.3. The summed E-state index contributed by atoms with van der Waals surface area (Å²) < 4.78 is 4.14. The van der Waals surface area contributed by atoms with E-state index in [0.29, 0.717) is 5.13 Å². The van der Waals surface area contributed by atoms with Crippen molar-refractivity contribution in [2.24, 2.45) is 0 Å². The van der Waals surface area contributed by atoms with E-state index in [1.807, 2.05) is 13.8 Å². The van der Waals surface area contributed by atoms with Crippen LogP contribution < -0.4 is 5.32 Å². The van der Waals surface area contributed by atoms with Crippen LogP contribution in [-0.4, -0.2) is 40.3 Å². The van der Waals surface area contributed by atoms with Crippen molar-refractivity contribution < 1.29 is 4.79 Å². The number of amides is 1. The minimum absolute atomic E-state index is 0.0308. The predicted octanol–water partition coefficient (Wildman–Crippen LogP) is 0.989. The third kappa shape index (κ3) is 3.16. The largest absolute Gasteiger partial charge is 0.349 e. The van der Waals surface area contributed by atoms with E-state index in [1.165, 1.54) is 11.5 Å². The topological polar surface area (TPSA) is 58.1 Å². The molecule has 1 atom stereocenters. The number of aryl methyl sites for hydroxylation is 1. The van der Waals surface area contributed by atoms with Crippen LogP contribution in [0.4, 0.5) is 5.13 Å². The van der Waals surface area contributed by atoms with Crippen molar-refractivity contribution in [1.29, 1.82) is 0 Å². The summed E-state index contributed by atoms with van der Waals surface area (Å²) in [7, 11) is 3.47. The minimum Gasteiger partial charge on any atom is -0.349 e. The lowest BCUT2D eigenvalue weighted by Gasteiger charge is -2.16. The zero-order valence-electron chi connectivity index (χ0n) is 9.44. The van der Waals surface area contributed by atoms with Crippen molar-refractivity contribution in [2.75, 3.05) is 19.4 Å².